The van der Waals surface area contributed by atoms with Crippen molar-refractivity contribution in [2.45, 2.75) is 46.5 Å². The van der Waals surface area contributed by atoms with Gasteiger partial charge in [-0.3, -0.25) is 9.89 Å². The van der Waals surface area contributed by atoms with Gasteiger partial charge in [-0.1, -0.05) is 35.9 Å². The highest BCUT2D eigenvalue weighted by atomic mass is 16.5. The normalized spacial score (nSPS) is 16.2. The molecule has 3 aromatic rings. The molecule has 1 N–H and O–H groups in total. The number of rotatable bonds is 6. The van der Waals surface area contributed by atoms with Gasteiger partial charge in [0, 0.05) is 35.7 Å². The summed E-state index contributed by atoms with van der Waals surface area (Å²) >= 11 is 0. The number of nitrogens with zero attached hydrogens (tertiary/aromatic N) is 2. The minimum absolute atomic E-state index is 0.106. The van der Waals surface area contributed by atoms with Crippen LogP contribution in [0.25, 0.3) is 11.3 Å². The Kier molecular flexibility index (Phi) is 5.28. The monoisotopic (exact) mass is 429 g/mol. The van der Waals surface area contributed by atoms with Crippen LogP contribution >= 0.6 is 0 Å². The van der Waals surface area contributed by atoms with Crippen molar-refractivity contribution >= 4 is 5.91 Å². The summed E-state index contributed by atoms with van der Waals surface area (Å²) in [6.07, 6.45) is 2.50. The third kappa shape index (κ3) is 3.92. The van der Waals surface area contributed by atoms with Crippen molar-refractivity contribution in [1.29, 1.82) is 0 Å². The highest BCUT2D eigenvalue weighted by Crippen LogP contribution is 2.35. The number of hydrogen-bond acceptors (Lipinski definition) is 3. The van der Waals surface area contributed by atoms with Gasteiger partial charge in [0.2, 0.25) is 5.88 Å². The van der Waals surface area contributed by atoms with E-state index in [1.165, 1.54) is 24.0 Å². The molecule has 2 aromatic carbocycles. The van der Waals surface area contributed by atoms with E-state index in [1.807, 2.05) is 24.8 Å². The minimum Gasteiger partial charge on any atom is -0.476 e. The summed E-state index contributed by atoms with van der Waals surface area (Å²) in [5.41, 5.74) is 8.43. The zero-order valence-corrected chi connectivity index (χ0v) is 19.4. The molecule has 1 saturated heterocycles. The van der Waals surface area contributed by atoms with Crippen LogP contribution in [0.5, 0.6) is 5.88 Å². The number of carbonyl (C=O) groups is 1. The fraction of sp³-hybridized carbons (Fsp3) is 0.407. The first-order chi connectivity index (χ1) is 15.4. The number of aromatic amines is 1. The van der Waals surface area contributed by atoms with Crippen LogP contribution < -0.4 is 4.74 Å². The molecule has 32 heavy (non-hydrogen) atoms. The number of likely N-dealkylation sites (tertiary alicyclic amines) is 1. The first-order valence-electron chi connectivity index (χ1n) is 11.6. The summed E-state index contributed by atoms with van der Waals surface area (Å²) in [5, 5.41) is 7.55. The Morgan fingerprint density at radius 3 is 2.47 bits per heavy atom. The molecule has 0 bridgehead atoms. The summed E-state index contributed by atoms with van der Waals surface area (Å²) in [6, 6.07) is 12.8. The van der Waals surface area contributed by atoms with Crippen molar-refractivity contribution in [3.8, 4) is 17.1 Å². The van der Waals surface area contributed by atoms with Crippen molar-refractivity contribution in [3.63, 3.8) is 0 Å². The van der Waals surface area contributed by atoms with E-state index in [0.717, 1.165) is 53.2 Å². The van der Waals surface area contributed by atoms with E-state index in [4.69, 9.17) is 4.74 Å². The molecule has 0 unspecified atom stereocenters. The van der Waals surface area contributed by atoms with Gasteiger partial charge >= 0.3 is 0 Å². The van der Waals surface area contributed by atoms with Crippen LogP contribution in [-0.4, -0.2) is 40.7 Å². The zero-order chi connectivity index (χ0) is 22.4. The quantitative estimate of drug-likeness (QED) is 0.575. The van der Waals surface area contributed by atoms with Crippen LogP contribution in [0.3, 0.4) is 0 Å². The Labute approximate surface area is 189 Å². The van der Waals surface area contributed by atoms with Gasteiger partial charge in [0.1, 0.15) is 0 Å². The second kappa shape index (κ2) is 8.12. The fourth-order valence-electron chi connectivity index (χ4n) is 4.48. The number of H-pyrrole nitrogens is 1. The van der Waals surface area contributed by atoms with Crippen molar-refractivity contribution in [2.75, 3.05) is 19.7 Å². The summed E-state index contributed by atoms with van der Waals surface area (Å²) in [7, 11) is 0. The first-order valence-corrected chi connectivity index (χ1v) is 11.6. The van der Waals surface area contributed by atoms with Crippen LogP contribution in [0.15, 0.2) is 36.4 Å². The number of benzene rings is 2. The molecule has 5 heteroatoms. The smallest absolute Gasteiger partial charge is 0.254 e. The number of aromatic nitrogens is 2. The highest BCUT2D eigenvalue weighted by Gasteiger charge is 2.33. The molecule has 0 spiro atoms. The van der Waals surface area contributed by atoms with Gasteiger partial charge in [0.15, 0.2) is 0 Å². The van der Waals surface area contributed by atoms with Gasteiger partial charge in [-0.25, -0.2) is 0 Å². The molecule has 2 fully saturated rings. The van der Waals surface area contributed by atoms with Gasteiger partial charge in [-0.2, -0.15) is 0 Å². The first kappa shape index (κ1) is 20.8. The van der Waals surface area contributed by atoms with E-state index in [9.17, 15) is 4.79 Å². The summed E-state index contributed by atoms with van der Waals surface area (Å²) in [4.78, 5) is 15.3. The maximum atomic E-state index is 13.3. The van der Waals surface area contributed by atoms with Gasteiger partial charge < -0.3 is 9.64 Å². The lowest BCUT2D eigenvalue weighted by Gasteiger charge is -2.40. The van der Waals surface area contributed by atoms with Crippen LogP contribution in [0.1, 0.15) is 56.9 Å². The lowest BCUT2D eigenvalue weighted by molar-refractivity contribution is 0.0601. The average molecular weight is 430 g/mol. The minimum atomic E-state index is 0.106. The Morgan fingerprint density at radius 2 is 1.78 bits per heavy atom. The van der Waals surface area contributed by atoms with Gasteiger partial charge in [0.25, 0.3) is 5.91 Å². The SMILES string of the molecule is Cc1ccc(C2CN(C(=O)c3cc(-c4[nH]nc(OCC5CC5)c4C)c(C)cc3C)C2)cc1. The number of ether oxygens (including phenoxy) is 1. The van der Waals surface area contributed by atoms with E-state index >= 15 is 0 Å². The lowest BCUT2D eigenvalue weighted by atomic mass is 9.89. The lowest BCUT2D eigenvalue weighted by Crippen LogP contribution is -2.48. The van der Waals surface area contributed by atoms with Gasteiger partial charge in [-0.05, 0) is 69.2 Å². The van der Waals surface area contributed by atoms with Crippen molar-refractivity contribution in [2.24, 2.45) is 5.92 Å². The van der Waals surface area contributed by atoms with Crippen LogP contribution in [0, 0.1) is 33.6 Å². The average Bonchev–Trinajstić information content (AvgIpc) is 3.49. The van der Waals surface area contributed by atoms with E-state index in [0.29, 0.717) is 17.7 Å². The number of hydrogen-bond donors (Lipinski definition) is 1. The predicted octanol–water partition coefficient (Wildman–Crippen LogP) is 5.34. The molecule has 2 aliphatic rings. The molecule has 0 radical (unpaired) electrons. The number of carbonyl (C=O) groups excluding carboxylic acids is 1. The second-order valence-electron chi connectivity index (χ2n) is 9.58. The van der Waals surface area contributed by atoms with Gasteiger partial charge in [0.05, 0.1) is 12.3 Å². The molecule has 2 heterocycles. The van der Waals surface area contributed by atoms with Crippen molar-refractivity contribution < 1.29 is 9.53 Å². The molecule has 5 nitrogen and oxygen atoms in total. The maximum Gasteiger partial charge on any atom is 0.254 e. The molecule has 1 amide bonds. The second-order valence-corrected chi connectivity index (χ2v) is 9.58. The Hall–Kier alpha value is -3.08. The van der Waals surface area contributed by atoms with Crippen molar-refractivity contribution in [3.05, 3.63) is 69.8 Å². The predicted molar refractivity (Wildman–Crippen MR) is 126 cm³/mol. The highest BCUT2D eigenvalue weighted by molar-refractivity contribution is 5.98. The molecule has 1 aromatic heterocycles. The maximum absolute atomic E-state index is 13.3. The van der Waals surface area contributed by atoms with Crippen molar-refractivity contribution in [1.82, 2.24) is 15.1 Å². The summed E-state index contributed by atoms with van der Waals surface area (Å²) in [5.74, 6) is 1.88. The molecule has 5 rings (SSSR count). The van der Waals surface area contributed by atoms with Crippen LogP contribution in [0.4, 0.5) is 0 Å². The largest absolute Gasteiger partial charge is 0.476 e. The van der Waals surface area contributed by atoms with E-state index in [-0.39, 0.29) is 5.91 Å². The Balaban J connectivity index is 1.35. The molecule has 1 aliphatic carbocycles. The number of aryl methyl sites for hydroxylation is 3. The molecular weight excluding hydrogens is 398 g/mol. The molecule has 166 valence electrons. The molecular formula is C27H31N3O2. The molecule has 0 atom stereocenters. The van der Waals surface area contributed by atoms with Gasteiger partial charge in [-0.15, -0.1) is 5.10 Å². The van der Waals surface area contributed by atoms with Crippen LogP contribution in [-0.2, 0) is 0 Å². The molecule has 1 aliphatic heterocycles. The Morgan fingerprint density at radius 1 is 1.06 bits per heavy atom. The summed E-state index contributed by atoms with van der Waals surface area (Å²) in [6.45, 7) is 10.5. The van der Waals surface area contributed by atoms with Crippen LogP contribution in [0.2, 0.25) is 0 Å². The van der Waals surface area contributed by atoms with E-state index in [1.54, 1.807) is 0 Å². The molecule has 1 saturated carbocycles. The Bertz CT molecular complexity index is 1150. The third-order valence-corrected chi connectivity index (χ3v) is 6.91. The number of nitrogens with one attached hydrogen (secondary N) is 1. The summed E-state index contributed by atoms with van der Waals surface area (Å²) < 4.78 is 5.91. The third-order valence-electron chi connectivity index (χ3n) is 6.91. The van der Waals surface area contributed by atoms with E-state index < -0.39 is 0 Å². The number of amides is 1. The topological polar surface area (TPSA) is 58.2 Å². The van der Waals surface area contributed by atoms with E-state index in [2.05, 4.69) is 54.4 Å². The fourth-order valence-corrected chi connectivity index (χ4v) is 4.48. The zero-order valence-electron chi connectivity index (χ0n) is 19.4. The standard InChI is InChI=1S/C27H31N3O2/c1-16-5-9-21(10-6-16)22-13-30(14-22)27(31)24-12-23(17(2)11-18(24)3)25-19(4)26(29-28-25)32-15-20-7-8-20/h5-6,9-12,20,22H,7-8,13-15H2,1-4H3,(H,28,29).